The molecule has 0 heterocycles. The Balaban J connectivity index is 2.97. The minimum absolute atomic E-state index is 0.407. The maximum Gasteiger partial charge on any atom is 0.00508 e. The van der Waals surface area contributed by atoms with E-state index in [2.05, 4.69) is 19.2 Å². The van der Waals surface area contributed by atoms with Crippen molar-refractivity contribution < 1.29 is 0 Å². The van der Waals surface area contributed by atoms with Gasteiger partial charge in [0.1, 0.15) is 0 Å². The molecule has 0 radical (unpaired) electrons. The highest BCUT2D eigenvalue weighted by atomic mass is 14.8. The number of nitrogens with two attached hydrogens (primary N) is 1. The van der Waals surface area contributed by atoms with Crippen molar-refractivity contribution in [3.63, 3.8) is 0 Å². The molecule has 1 atom stereocenters. The smallest absolute Gasteiger partial charge is 0.00508 e. The number of nitrogens with one attached hydrogen (secondary N) is 1. The van der Waals surface area contributed by atoms with Gasteiger partial charge in [-0.3, -0.25) is 0 Å². The molecule has 12 heavy (non-hydrogen) atoms. The maximum atomic E-state index is 5.86. The van der Waals surface area contributed by atoms with Crippen LogP contribution >= 0.6 is 0 Å². The molecular weight excluding hydrogens is 148 g/mol. The number of rotatable bonds is 8. The first-order valence-electron chi connectivity index (χ1n) is 5.27. The predicted molar refractivity (Wildman–Crippen MR) is 55.3 cm³/mol. The lowest BCUT2D eigenvalue weighted by atomic mass is 10.1. The van der Waals surface area contributed by atoms with Crippen LogP contribution in [0.1, 0.15) is 46.0 Å². The van der Waals surface area contributed by atoms with Crippen molar-refractivity contribution in [1.29, 1.82) is 0 Å². The van der Waals surface area contributed by atoms with E-state index in [-0.39, 0.29) is 0 Å². The molecule has 0 aromatic rings. The molecule has 0 aliphatic heterocycles. The van der Waals surface area contributed by atoms with Gasteiger partial charge in [-0.2, -0.15) is 0 Å². The molecule has 0 aliphatic rings. The van der Waals surface area contributed by atoms with Crippen LogP contribution in [0.4, 0.5) is 0 Å². The highest BCUT2D eigenvalue weighted by Crippen LogP contribution is 1.96. The molecule has 1 unspecified atom stereocenters. The average Bonchev–Trinajstić information content (AvgIpc) is 2.05. The predicted octanol–water partition coefficient (Wildman–Crippen LogP) is 1.89. The molecule has 0 saturated heterocycles. The number of unbranched alkanes of at least 4 members (excludes halogenated alkanes) is 1. The van der Waals surface area contributed by atoms with Gasteiger partial charge >= 0.3 is 0 Å². The standard InChI is InChI=1S/C10H24N2/c1-3-5-8-12-9-7-10(11)6-4-2/h10,12H,3-9,11H2,1-2H3. The van der Waals surface area contributed by atoms with Gasteiger partial charge in [-0.05, 0) is 32.4 Å². The van der Waals surface area contributed by atoms with Crippen molar-refractivity contribution in [3.8, 4) is 0 Å². The van der Waals surface area contributed by atoms with Gasteiger partial charge in [-0.25, -0.2) is 0 Å². The first-order valence-corrected chi connectivity index (χ1v) is 5.27. The van der Waals surface area contributed by atoms with E-state index in [9.17, 15) is 0 Å². The van der Waals surface area contributed by atoms with E-state index in [1.165, 1.54) is 19.3 Å². The fourth-order valence-corrected chi connectivity index (χ4v) is 1.23. The van der Waals surface area contributed by atoms with Crippen LogP contribution in [0.3, 0.4) is 0 Å². The zero-order valence-corrected chi connectivity index (χ0v) is 8.60. The van der Waals surface area contributed by atoms with Gasteiger partial charge in [-0.1, -0.05) is 26.7 Å². The van der Waals surface area contributed by atoms with E-state index < -0.39 is 0 Å². The van der Waals surface area contributed by atoms with Crippen LogP contribution in [0.2, 0.25) is 0 Å². The summed E-state index contributed by atoms with van der Waals surface area (Å²) in [5.74, 6) is 0. The fraction of sp³-hybridized carbons (Fsp3) is 1.00. The van der Waals surface area contributed by atoms with Crippen molar-refractivity contribution in [1.82, 2.24) is 5.32 Å². The molecule has 0 rings (SSSR count). The van der Waals surface area contributed by atoms with Crippen LogP contribution in [0.15, 0.2) is 0 Å². The van der Waals surface area contributed by atoms with Gasteiger partial charge in [0.05, 0.1) is 0 Å². The topological polar surface area (TPSA) is 38.0 Å². The first-order chi connectivity index (χ1) is 5.81. The quantitative estimate of drug-likeness (QED) is 0.549. The van der Waals surface area contributed by atoms with Gasteiger partial charge in [0.2, 0.25) is 0 Å². The summed E-state index contributed by atoms with van der Waals surface area (Å²) in [7, 11) is 0. The van der Waals surface area contributed by atoms with Crippen LogP contribution in [-0.4, -0.2) is 19.1 Å². The Hall–Kier alpha value is -0.0800. The summed E-state index contributed by atoms with van der Waals surface area (Å²) in [5.41, 5.74) is 5.86. The van der Waals surface area contributed by atoms with Crippen molar-refractivity contribution in [2.45, 2.75) is 52.0 Å². The van der Waals surface area contributed by atoms with Gasteiger partial charge in [-0.15, -0.1) is 0 Å². The molecule has 0 saturated carbocycles. The summed E-state index contributed by atoms with van der Waals surface area (Å²) in [5, 5.41) is 3.40. The summed E-state index contributed by atoms with van der Waals surface area (Å²) in [6.07, 6.45) is 6.04. The van der Waals surface area contributed by atoms with E-state index in [1.54, 1.807) is 0 Å². The third-order valence-corrected chi connectivity index (χ3v) is 2.06. The molecule has 0 amide bonds. The lowest BCUT2D eigenvalue weighted by Crippen LogP contribution is -2.26. The molecule has 74 valence electrons. The second-order valence-electron chi connectivity index (χ2n) is 3.44. The van der Waals surface area contributed by atoms with Crippen LogP contribution in [0.5, 0.6) is 0 Å². The second-order valence-corrected chi connectivity index (χ2v) is 3.44. The summed E-state index contributed by atoms with van der Waals surface area (Å²) >= 11 is 0. The Morgan fingerprint density at radius 1 is 1.08 bits per heavy atom. The lowest BCUT2D eigenvalue weighted by molar-refractivity contribution is 0.522. The van der Waals surface area contributed by atoms with Gasteiger partial charge in [0.15, 0.2) is 0 Å². The summed E-state index contributed by atoms with van der Waals surface area (Å²) in [6, 6.07) is 0.407. The van der Waals surface area contributed by atoms with Gasteiger partial charge in [0, 0.05) is 6.04 Å². The Morgan fingerprint density at radius 3 is 2.42 bits per heavy atom. The average molecular weight is 172 g/mol. The summed E-state index contributed by atoms with van der Waals surface area (Å²) in [4.78, 5) is 0. The molecule has 3 N–H and O–H groups in total. The van der Waals surface area contributed by atoms with Crippen molar-refractivity contribution in [3.05, 3.63) is 0 Å². The molecule has 0 bridgehead atoms. The van der Waals surface area contributed by atoms with Crippen LogP contribution < -0.4 is 11.1 Å². The first kappa shape index (κ1) is 11.9. The van der Waals surface area contributed by atoms with Crippen LogP contribution in [0.25, 0.3) is 0 Å². The Labute approximate surface area is 76.9 Å². The van der Waals surface area contributed by atoms with Crippen molar-refractivity contribution in [2.75, 3.05) is 13.1 Å². The third-order valence-electron chi connectivity index (χ3n) is 2.06. The van der Waals surface area contributed by atoms with Gasteiger partial charge < -0.3 is 11.1 Å². The van der Waals surface area contributed by atoms with E-state index in [1.807, 2.05) is 0 Å². The van der Waals surface area contributed by atoms with E-state index in [4.69, 9.17) is 5.73 Å². The Morgan fingerprint density at radius 2 is 1.83 bits per heavy atom. The summed E-state index contributed by atoms with van der Waals surface area (Å²) < 4.78 is 0. The van der Waals surface area contributed by atoms with E-state index in [0.29, 0.717) is 6.04 Å². The molecule has 0 fully saturated rings. The SMILES string of the molecule is CCCCNCCC(N)CCC. The number of hydrogen-bond acceptors (Lipinski definition) is 2. The molecule has 2 nitrogen and oxygen atoms in total. The largest absolute Gasteiger partial charge is 0.328 e. The minimum atomic E-state index is 0.407. The normalized spacial score (nSPS) is 13.2. The number of hydrogen-bond donors (Lipinski definition) is 2. The molecule has 0 aromatic carbocycles. The monoisotopic (exact) mass is 172 g/mol. The third kappa shape index (κ3) is 8.02. The van der Waals surface area contributed by atoms with Gasteiger partial charge in [0.25, 0.3) is 0 Å². The van der Waals surface area contributed by atoms with Crippen molar-refractivity contribution >= 4 is 0 Å². The molecule has 0 aliphatic carbocycles. The Kier molecular flexibility index (Phi) is 8.95. The zero-order chi connectivity index (χ0) is 9.23. The highest BCUT2D eigenvalue weighted by Gasteiger charge is 1.98. The minimum Gasteiger partial charge on any atom is -0.328 e. The molecular formula is C10H24N2. The van der Waals surface area contributed by atoms with E-state index >= 15 is 0 Å². The Bertz CT molecular complexity index is 83.9. The fourth-order valence-electron chi connectivity index (χ4n) is 1.23. The lowest BCUT2D eigenvalue weighted by Gasteiger charge is -2.10. The van der Waals surface area contributed by atoms with Crippen molar-refractivity contribution in [2.24, 2.45) is 5.73 Å². The molecule has 0 aromatic heterocycles. The molecule has 2 heteroatoms. The summed E-state index contributed by atoms with van der Waals surface area (Å²) in [6.45, 7) is 6.63. The maximum absolute atomic E-state index is 5.86. The van der Waals surface area contributed by atoms with E-state index in [0.717, 1.165) is 25.9 Å². The highest BCUT2D eigenvalue weighted by molar-refractivity contribution is 4.61. The van der Waals surface area contributed by atoms with Crippen LogP contribution in [-0.2, 0) is 0 Å². The second kappa shape index (κ2) is 9.01. The zero-order valence-electron chi connectivity index (χ0n) is 8.60. The van der Waals surface area contributed by atoms with Crippen LogP contribution in [0, 0.1) is 0 Å². The molecule has 0 spiro atoms.